The number of benzene rings is 1. The zero-order chi connectivity index (χ0) is 17.6. The van der Waals surface area contributed by atoms with E-state index in [2.05, 4.69) is 27.5 Å². The number of nitrogens with zero attached hydrogens (tertiary/aromatic N) is 2. The molecule has 0 aliphatic rings. The van der Waals surface area contributed by atoms with E-state index in [-0.39, 0.29) is 24.0 Å². The van der Waals surface area contributed by atoms with Gasteiger partial charge in [-0.25, -0.2) is 4.98 Å². The first kappa shape index (κ1) is 21.7. The molecule has 0 aliphatic heterocycles. The summed E-state index contributed by atoms with van der Waals surface area (Å²) in [5.74, 6) is 0.572. The van der Waals surface area contributed by atoms with Crippen molar-refractivity contribution < 1.29 is 13.2 Å². The van der Waals surface area contributed by atoms with E-state index < -0.39 is 11.7 Å². The Bertz CT molecular complexity index is 683. The predicted octanol–water partition coefficient (Wildman–Crippen LogP) is 4.21. The zero-order valence-corrected chi connectivity index (χ0v) is 17.0. The zero-order valence-electron chi connectivity index (χ0n) is 13.9. The third-order valence-corrected chi connectivity index (χ3v) is 4.46. The van der Waals surface area contributed by atoms with Crippen molar-refractivity contribution in [1.29, 1.82) is 0 Å². The third-order valence-electron chi connectivity index (χ3n) is 3.32. The second-order valence-corrected chi connectivity index (χ2v) is 6.25. The van der Waals surface area contributed by atoms with Gasteiger partial charge in [0, 0.05) is 24.7 Å². The van der Waals surface area contributed by atoms with Gasteiger partial charge in [-0.3, -0.25) is 4.99 Å². The molecule has 0 fully saturated rings. The van der Waals surface area contributed by atoms with E-state index in [0.29, 0.717) is 19.0 Å². The molecule has 0 amide bonds. The smallest absolute Gasteiger partial charge is 0.352 e. The van der Waals surface area contributed by atoms with Crippen molar-refractivity contribution >= 4 is 41.3 Å². The Balaban J connectivity index is 0.00000312. The normalized spacial score (nSPS) is 11.8. The lowest BCUT2D eigenvalue weighted by atomic mass is 10.1. The average Bonchev–Trinajstić information content (AvgIpc) is 3.02. The molecule has 9 heteroatoms. The number of halogens is 4. The molecule has 0 saturated heterocycles. The number of aliphatic imine (C=N–C) groups is 1. The van der Waals surface area contributed by atoms with Crippen molar-refractivity contribution in [1.82, 2.24) is 15.6 Å². The van der Waals surface area contributed by atoms with E-state index in [1.165, 1.54) is 17.0 Å². The summed E-state index contributed by atoms with van der Waals surface area (Å²) >= 11 is 1.64. The molecule has 2 rings (SSSR count). The Morgan fingerprint density at radius 2 is 1.80 bits per heavy atom. The number of rotatable bonds is 5. The van der Waals surface area contributed by atoms with Crippen molar-refractivity contribution in [3.05, 3.63) is 51.5 Å². The monoisotopic (exact) mass is 484 g/mol. The average molecular weight is 484 g/mol. The van der Waals surface area contributed by atoms with Gasteiger partial charge in [0.2, 0.25) is 0 Å². The fourth-order valence-corrected chi connectivity index (χ4v) is 2.77. The molecule has 1 aromatic carbocycles. The lowest BCUT2D eigenvalue weighted by molar-refractivity contribution is -0.137. The van der Waals surface area contributed by atoms with Gasteiger partial charge < -0.3 is 10.6 Å². The predicted molar refractivity (Wildman–Crippen MR) is 105 cm³/mol. The summed E-state index contributed by atoms with van der Waals surface area (Å²) < 4.78 is 37.6. The molecule has 0 atom stereocenters. The summed E-state index contributed by atoms with van der Waals surface area (Å²) in [6, 6.07) is 5.07. The Morgan fingerprint density at radius 1 is 1.16 bits per heavy atom. The van der Waals surface area contributed by atoms with Crippen LogP contribution in [0.2, 0.25) is 0 Å². The van der Waals surface area contributed by atoms with Gasteiger partial charge in [-0.15, -0.1) is 35.3 Å². The summed E-state index contributed by atoms with van der Waals surface area (Å²) in [5.41, 5.74) is 0.0951. The van der Waals surface area contributed by atoms with Gasteiger partial charge in [0.05, 0.1) is 12.1 Å². The molecule has 2 aromatic rings. The van der Waals surface area contributed by atoms with Crippen molar-refractivity contribution in [3.63, 3.8) is 0 Å². The van der Waals surface area contributed by atoms with E-state index in [1.807, 2.05) is 6.20 Å². The molecule has 25 heavy (non-hydrogen) atoms. The van der Waals surface area contributed by atoms with Gasteiger partial charge in [0.1, 0.15) is 5.01 Å². The van der Waals surface area contributed by atoms with Gasteiger partial charge in [0.15, 0.2) is 5.96 Å². The van der Waals surface area contributed by atoms with Gasteiger partial charge >= 0.3 is 6.18 Å². The van der Waals surface area contributed by atoms with Crippen LogP contribution in [0.4, 0.5) is 13.2 Å². The Kier molecular flexibility index (Phi) is 8.63. The molecule has 0 saturated carbocycles. The molecular formula is C16H20F3IN4S. The molecular weight excluding hydrogens is 464 g/mol. The van der Waals surface area contributed by atoms with Gasteiger partial charge in [-0.05, 0) is 24.1 Å². The van der Waals surface area contributed by atoms with Crippen LogP contribution in [0, 0.1) is 0 Å². The lowest BCUT2D eigenvalue weighted by Gasteiger charge is -2.12. The van der Waals surface area contributed by atoms with Gasteiger partial charge in [0.25, 0.3) is 0 Å². The number of aromatic nitrogens is 1. The topological polar surface area (TPSA) is 49.3 Å². The number of thiazole rings is 1. The summed E-state index contributed by atoms with van der Waals surface area (Å²) in [4.78, 5) is 9.63. The van der Waals surface area contributed by atoms with Crippen molar-refractivity contribution in [2.24, 2.45) is 4.99 Å². The highest BCUT2D eigenvalue weighted by Gasteiger charge is 2.29. The number of alkyl halides is 3. The number of aryl methyl sites for hydroxylation is 1. The molecule has 0 aliphatic carbocycles. The van der Waals surface area contributed by atoms with Gasteiger partial charge in [-0.1, -0.05) is 19.1 Å². The molecule has 1 aromatic heterocycles. The van der Waals surface area contributed by atoms with E-state index in [0.717, 1.165) is 29.1 Å². The number of hydrogen-bond acceptors (Lipinski definition) is 3. The Hall–Kier alpha value is -1.36. The van der Waals surface area contributed by atoms with Crippen molar-refractivity contribution in [2.45, 2.75) is 32.6 Å². The van der Waals surface area contributed by atoms with Crippen molar-refractivity contribution in [2.75, 3.05) is 7.05 Å². The van der Waals surface area contributed by atoms with Crippen LogP contribution in [-0.4, -0.2) is 18.0 Å². The van der Waals surface area contributed by atoms with Crippen LogP contribution in [0.5, 0.6) is 0 Å². The van der Waals surface area contributed by atoms with E-state index in [1.54, 1.807) is 18.4 Å². The molecule has 0 spiro atoms. The van der Waals surface area contributed by atoms with Crippen LogP contribution in [0.3, 0.4) is 0 Å². The van der Waals surface area contributed by atoms with Crippen LogP contribution in [0.15, 0.2) is 35.5 Å². The molecule has 0 bridgehead atoms. The minimum absolute atomic E-state index is 0. The summed E-state index contributed by atoms with van der Waals surface area (Å²) in [5, 5.41) is 7.17. The largest absolute Gasteiger partial charge is 0.416 e. The fourth-order valence-electron chi connectivity index (χ4n) is 1.97. The highest BCUT2D eigenvalue weighted by atomic mass is 127. The molecule has 1 heterocycles. The number of hydrogen-bond donors (Lipinski definition) is 2. The second kappa shape index (κ2) is 9.95. The maximum Gasteiger partial charge on any atom is 0.416 e. The first-order valence-electron chi connectivity index (χ1n) is 7.46. The molecule has 0 radical (unpaired) electrons. The number of nitrogens with one attached hydrogen (secondary N) is 2. The summed E-state index contributed by atoms with van der Waals surface area (Å²) in [6.07, 6.45) is -1.49. The Labute approximate surface area is 166 Å². The highest BCUT2D eigenvalue weighted by molar-refractivity contribution is 14.0. The summed E-state index contributed by atoms with van der Waals surface area (Å²) in [7, 11) is 1.64. The minimum atomic E-state index is -4.31. The number of guanidine groups is 1. The SMILES string of the molecule is CCc1cnc(CNC(=NC)NCc2ccc(C(F)(F)F)cc2)s1.I. The lowest BCUT2D eigenvalue weighted by Crippen LogP contribution is -2.36. The maximum atomic E-state index is 12.5. The van der Waals surface area contributed by atoms with E-state index in [4.69, 9.17) is 0 Å². The summed E-state index contributed by atoms with van der Waals surface area (Å²) in [6.45, 7) is 3.02. The highest BCUT2D eigenvalue weighted by Crippen LogP contribution is 2.29. The molecule has 4 nitrogen and oxygen atoms in total. The van der Waals surface area contributed by atoms with Crippen LogP contribution in [0.1, 0.15) is 27.9 Å². The molecule has 138 valence electrons. The molecule has 2 N–H and O–H groups in total. The van der Waals surface area contributed by atoms with Gasteiger partial charge in [-0.2, -0.15) is 13.2 Å². The van der Waals surface area contributed by atoms with Crippen LogP contribution in [-0.2, 0) is 25.7 Å². The first-order chi connectivity index (χ1) is 11.4. The maximum absolute atomic E-state index is 12.5. The quantitative estimate of drug-likeness (QED) is 0.380. The second-order valence-electron chi connectivity index (χ2n) is 5.05. The van der Waals surface area contributed by atoms with Crippen molar-refractivity contribution in [3.8, 4) is 0 Å². The van der Waals surface area contributed by atoms with E-state index in [9.17, 15) is 13.2 Å². The van der Waals surface area contributed by atoms with E-state index >= 15 is 0 Å². The first-order valence-corrected chi connectivity index (χ1v) is 8.28. The van der Waals surface area contributed by atoms with Crippen LogP contribution < -0.4 is 10.6 Å². The standard InChI is InChI=1S/C16H19F3N4S.HI/c1-3-13-9-21-14(24-13)10-23-15(20-2)22-8-11-4-6-12(7-5-11)16(17,18)19;/h4-7,9H,3,8,10H2,1-2H3,(H2,20,22,23);1H. The minimum Gasteiger partial charge on any atom is -0.352 e. The Morgan fingerprint density at radius 3 is 2.32 bits per heavy atom. The van der Waals surface area contributed by atoms with Crippen LogP contribution >= 0.6 is 35.3 Å². The van der Waals surface area contributed by atoms with Crippen LogP contribution in [0.25, 0.3) is 0 Å². The fraction of sp³-hybridized carbons (Fsp3) is 0.375. The third kappa shape index (κ3) is 6.81. The molecule has 0 unspecified atom stereocenters.